The van der Waals surface area contributed by atoms with Crippen molar-refractivity contribution in [3.8, 4) is 0 Å². The Hall–Kier alpha value is -0.574. The average molecular weight is 441 g/mol. The Morgan fingerprint density at radius 2 is 1.89 bits per heavy atom. The van der Waals surface area contributed by atoms with Gasteiger partial charge in [0.25, 0.3) is 0 Å². The van der Waals surface area contributed by atoms with Gasteiger partial charge in [-0.25, -0.2) is 17.5 Å². The van der Waals surface area contributed by atoms with E-state index < -0.39 is 46.5 Å². The Labute approximate surface area is 206 Å². The number of β-lactam (4-membered cyclic amide) rings is 1. The van der Waals surface area contributed by atoms with Gasteiger partial charge in [0.05, 0.1) is 31.7 Å². The average Bonchev–Trinajstić information content (AvgIpc) is 2.56. The van der Waals surface area contributed by atoms with Gasteiger partial charge in [0, 0.05) is 0 Å². The molecule has 1 fully saturated rings. The molecule has 2 amide bonds. The third-order valence-corrected chi connectivity index (χ3v) is 5.17. The van der Waals surface area contributed by atoms with Gasteiger partial charge in [-0.15, -0.1) is 0 Å². The number of nitrogens with zero attached hydrogens (tertiary/aromatic N) is 2. The van der Waals surface area contributed by atoms with Crippen LogP contribution in [0.1, 0.15) is 19.4 Å². The van der Waals surface area contributed by atoms with E-state index in [2.05, 4.69) is 0 Å². The van der Waals surface area contributed by atoms with Gasteiger partial charge in [-0.2, -0.15) is 5.06 Å². The van der Waals surface area contributed by atoms with E-state index in [4.69, 9.17) is 9.57 Å². The molecule has 150 valence electrons. The van der Waals surface area contributed by atoms with Crippen molar-refractivity contribution in [2.45, 2.75) is 38.6 Å². The van der Waals surface area contributed by atoms with Crippen LogP contribution in [0.3, 0.4) is 0 Å². The minimum atomic E-state index is -5.10. The van der Waals surface area contributed by atoms with Crippen LogP contribution < -0.4 is 51.4 Å². The molecule has 1 heterocycles. The molecule has 1 aromatic rings. The second-order valence-corrected chi connectivity index (χ2v) is 7.39. The number of rotatable bonds is 7. The number of amides is 2. The summed E-state index contributed by atoms with van der Waals surface area (Å²) >= 11 is 0. The Kier molecular flexibility index (Phi) is 9.51. The van der Waals surface area contributed by atoms with Gasteiger partial charge < -0.3 is 14.4 Å². The summed E-state index contributed by atoms with van der Waals surface area (Å²) in [4.78, 5) is 29.2. The first kappa shape index (κ1) is 25.5. The zero-order valence-corrected chi connectivity index (χ0v) is 20.0. The van der Waals surface area contributed by atoms with Crippen LogP contribution in [0.4, 0.5) is 4.79 Å². The van der Waals surface area contributed by atoms with Crippen molar-refractivity contribution in [2.75, 3.05) is 7.11 Å². The van der Waals surface area contributed by atoms with Crippen LogP contribution >= 0.6 is 0 Å². The van der Waals surface area contributed by atoms with Gasteiger partial charge in [0.1, 0.15) is 6.10 Å². The van der Waals surface area contributed by atoms with Crippen molar-refractivity contribution in [3.05, 3.63) is 35.9 Å². The van der Waals surface area contributed by atoms with Crippen LogP contribution in [0, 0.1) is 5.92 Å². The maximum Gasteiger partial charge on any atom is 1.00 e. The van der Waals surface area contributed by atoms with Crippen LogP contribution in [0.2, 0.25) is 0 Å². The van der Waals surface area contributed by atoms with Crippen LogP contribution in [0.15, 0.2) is 30.3 Å². The molecule has 0 bridgehead atoms. The maximum atomic E-state index is 12.3. The number of ether oxygens (including phenoxy) is 1. The van der Waals surface area contributed by atoms with E-state index in [1.165, 1.54) is 21.0 Å². The van der Waals surface area contributed by atoms with E-state index in [-0.39, 0.29) is 62.2 Å². The zero-order valence-electron chi connectivity index (χ0n) is 16.0. The molecular formula is C16H21KN2O8S. The Bertz CT molecular complexity index is 789. The molecule has 0 spiro atoms. The summed E-state index contributed by atoms with van der Waals surface area (Å²) in [5.74, 6) is -2.19. The summed E-state index contributed by atoms with van der Waals surface area (Å²) in [6, 6.07) is 7.61. The van der Waals surface area contributed by atoms with Gasteiger partial charge in [-0.3, -0.25) is 9.63 Å². The van der Waals surface area contributed by atoms with Crippen LogP contribution in [0.25, 0.3) is 0 Å². The molecule has 10 nitrogen and oxygen atoms in total. The second kappa shape index (κ2) is 10.5. The van der Waals surface area contributed by atoms with Gasteiger partial charge in [0.2, 0.25) is 5.91 Å². The summed E-state index contributed by atoms with van der Waals surface area (Å²) in [6.45, 7) is 2.69. The van der Waals surface area contributed by atoms with Gasteiger partial charge in [-0.05, 0) is 19.4 Å². The minimum Gasteiger partial charge on any atom is -0.731 e. The normalized spacial score (nSPS) is 21.2. The topological polar surface area (TPSA) is 137 Å². The van der Waals surface area contributed by atoms with Crippen LogP contribution in [-0.2, 0) is 31.2 Å². The molecule has 0 aromatic heterocycles. The van der Waals surface area contributed by atoms with Crippen LogP contribution in [-0.4, -0.2) is 64.8 Å². The zero-order chi connectivity index (χ0) is 20.4. The Morgan fingerprint density at radius 3 is 2.36 bits per heavy atom. The first-order valence-electron chi connectivity index (χ1n) is 8.11. The van der Waals surface area contributed by atoms with E-state index in [9.17, 15) is 27.7 Å². The van der Waals surface area contributed by atoms with Crippen molar-refractivity contribution in [2.24, 2.45) is 5.92 Å². The number of aliphatic hydroxyl groups is 1. The molecule has 2 rings (SSSR count). The fraction of sp³-hybridized carbons (Fsp3) is 0.500. The van der Waals surface area contributed by atoms with Crippen molar-refractivity contribution in [3.63, 3.8) is 0 Å². The molecule has 0 unspecified atom stereocenters. The molecule has 0 saturated carbocycles. The monoisotopic (exact) mass is 440 g/mol. The van der Waals surface area contributed by atoms with E-state index in [0.717, 1.165) is 10.6 Å². The van der Waals surface area contributed by atoms with E-state index >= 15 is 0 Å². The third kappa shape index (κ3) is 5.74. The quantitative estimate of drug-likeness (QED) is 0.209. The summed E-state index contributed by atoms with van der Waals surface area (Å²) in [5.41, 5.74) is 0.758. The smallest absolute Gasteiger partial charge is 0.731 e. The SMILES string of the molecule is CON(Cc1ccccc1)C(=O)O[C@@H](C)[C@@H]1[C@@H]([C@@H](C)O)C(=O)N1S(=O)(=O)[O-].[K+]. The standard InChI is InChI=1S/C16H22N2O8S.K/c1-10(19)13-14(18(15(13)20)27(22,23)24)11(2)26-16(21)17(25-3)9-12-7-5-4-6-8-12;/h4-8,10-11,13-14,19H,9H2,1-3H3,(H,22,23,24);/q;+1/p-1/t10-,11+,13-,14-;/m1./s1. The van der Waals surface area contributed by atoms with E-state index in [1.807, 2.05) is 6.07 Å². The van der Waals surface area contributed by atoms with Crippen LogP contribution in [0.5, 0.6) is 0 Å². The summed E-state index contributed by atoms with van der Waals surface area (Å²) in [7, 11) is -3.84. The van der Waals surface area contributed by atoms with Crippen molar-refractivity contribution < 1.29 is 88.6 Å². The predicted octanol–water partition coefficient (Wildman–Crippen LogP) is -2.75. The first-order valence-corrected chi connectivity index (χ1v) is 9.47. The van der Waals surface area contributed by atoms with Gasteiger partial charge in [0.15, 0.2) is 10.3 Å². The number of hydrogen-bond acceptors (Lipinski definition) is 8. The summed E-state index contributed by atoms with van der Waals surface area (Å²) in [5, 5.41) is 10.6. The molecule has 28 heavy (non-hydrogen) atoms. The number of aliphatic hydroxyl groups excluding tert-OH is 1. The molecule has 1 aliphatic rings. The molecule has 1 aromatic carbocycles. The Balaban J connectivity index is 0.00000392. The fourth-order valence-corrected chi connectivity index (χ4v) is 3.92. The number of hydroxylamine groups is 2. The van der Waals surface area contributed by atoms with Crippen molar-refractivity contribution >= 4 is 22.3 Å². The molecular weight excluding hydrogens is 419 g/mol. The predicted molar refractivity (Wildman–Crippen MR) is 90.4 cm³/mol. The number of benzene rings is 1. The second-order valence-electron chi connectivity index (χ2n) is 6.14. The number of hydrogen-bond donors (Lipinski definition) is 1. The number of carbonyl (C=O) groups excluding carboxylic acids is 2. The molecule has 0 aliphatic carbocycles. The largest absolute Gasteiger partial charge is 1.00 e. The fourth-order valence-electron chi connectivity index (χ4n) is 2.98. The van der Waals surface area contributed by atoms with Crippen molar-refractivity contribution in [1.82, 2.24) is 9.37 Å². The summed E-state index contributed by atoms with van der Waals surface area (Å²) in [6.07, 6.45) is -3.32. The Morgan fingerprint density at radius 1 is 1.32 bits per heavy atom. The molecule has 0 radical (unpaired) electrons. The molecule has 4 atom stereocenters. The molecule has 1 aliphatic heterocycles. The van der Waals surface area contributed by atoms with Gasteiger partial charge in [-0.1, -0.05) is 30.3 Å². The van der Waals surface area contributed by atoms with Crippen molar-refractivity contribution in [1.29, 1.82) is 0 Å². The maximum absolute atomic E-state index is 12.3. The number of carbonyl (C=O) groups is 2. The first-order chi connectivity index (χ1) is 12.6. The molecule has 1 saturated heterocycles. The molecule has 12 heteroatoms. The van der Waals surface area contributed by atoms with Gasteiger partial charge >= 0.3 is 57.5 Å². The molecule has 1 N–H and O–H groups in total. The minimum absolute atomic E-state index is 0. The third-order valence-electron chi connectivity index (χ3n) is 4.26. The van der Waals surface area contributed by atoms with E-state index in [0.29, 0.717) is 0 Å². The summed E-state index contributed by atoms with van der Waals surface area (Å²) < 4.78 is 39.2. The van der Waals surface area contributed by atoms with E-state index in [1.54, 1.807) is 24.3 Å².